The van der Waals surface area contributed by atoms with Crippen LogP contribution in [0.3, 0.4) is 0 Å². The fourth-order valence-corrected chi connectivity index (χ4v) is 3.07. The summed E-state index contributed by atoms with van der Waals surface area (Å²) in [5.41, 5.74) is 2.63. The molecule has 0 unspecified atom stereocenters. The van der Waals surface area contributed by atoms with E-state index in [0.717, 1.165) is 22.4 Å². The number of hydrogen-bond donors (Lipinski definition) is 0. The highest BCUT2D eigenvalue weighted by Crippen LogP contribution is 2.36. The fraction of sp³-hybridized carbons (Fsp3) is 0.500. The predicted molar refractivity (Wildman–Crippen MR) is 104 cm³/mol. The number of carbonyl (C=O) groups is 1. The van der Waals surface area contributed by atoms with Gasteiger partial charge in [-0.2, -0.15) is 5.10 Å². The molecule has 27 heavy (non-hydrogen) atoms. The maximum absolute atomic E-state index is 12.2. The standard InChI is InChI=1S/C20H27BN2O4/c1-14-18(21-26-19(3,4)20(5,6)27-21)15(2)23(22-14)12-17(24)25-13-16-10-8-7-9-11-16/h7-11H,12-13H2,1-6H3. The minimum atomic E-state index is -0.496. The van der Waals surface area contributed by atoms with Crippen molar-refractivity contribution >= 4 is 18.6 Å². The first-order valence-corrected chi connectivity index (χ1v) is 9.20. The number of aryl methyl sites for hydroxylation is 1. The zero-order chi connectivity index (χ0) is 19.8. The van der Waals surface area contributed by atoms with Crippen LogP contribution in [-0.2, 0) is 32.0 Å². The molecule has 1 aliphatic rings. The Morgan fingerprint density at radius 3 is 2.30 bits per heavy atom. The average molecular weight is 370 g/mol. The molecule has 6 nitrogen and oxygen atoms in total. The average Bonchev–Trinajstić information content (AvgIpc) is 2.97. The number of ether oxygens (including phenoxy) is 1. The Balaban J connectivity index is 1.70. The Hall–Kier alpha value is -2.12. The van der Waals surface area contributed by atoms with Crippen LogP contribution >= 0.6 is 0 Å². The van der Waals surface area contributed by atoms with Gasteiger partial charge in [-0.3, -0.25) is 9.48 Å². The molecule has 1 aromatic carbocycles. The third kappa shape index (κ3) is 3.94. The van der Waals surface area contributed by atoms with Crippen LogP contribution in [0.5, 0.6) is 0 Å². The van der Waals surface area contributed by atoms with Gasteiger partial charge < -0.3 is 14.0 Å². The van der Waals surface area contributed by atoms with E-state index in [4.69, 9.17) is 14.0 Å². The van der Waals surface area contributed by atoms with Gasteiger partial charge in [0, 0.05) is 11.2 Å². The maximum atomic E-state index is 12.2. The van der Waals surface area contributed by atoms with Crippen LogP contribution in [0.1, 0.15) is 44.6 Å². The number of benzene rings is 1. The van der Waals surface area contributed by atoms with Gasteiger partial charge in [-0.05, 0) is 47.1 Å². The molecule has 0 N–H and O–H groups in total. The number of carbonyl (C=O) groups excluding carboxylic acids is 1. The zero-order valence-electron chi connectivity index (χ0n) is 16.9. The van der Waals surface area contributed by atoms with Crippen molar-refractivity contribution in [3.05, 3.63) is 47.3 Å². The van der Waals surface area contributed by atoms with Crippen molar-refractivity contribution in [3.63, 3.8) is 0 Å². The minimum Gasteiger partial charge on any atom is -0.459 e. The van der Waals surface area contributed by atoms with E-state index in [0.29, 0.717) is 0 Å². The van der Waals surface area contributed by atoms with Crippen LogP contribution in [0, 0.1) is 13.8 Å². The summed E-state index contributed by atoms with van der Waals surface area (Å²) in [6.45, 7) is 12.2. The van der Waals surface area contributed by atoms with Crippen molar-refractivity contribution in [1.29, 1.82) is 0 Å². The monoisotopic (exact) mass is 370 g/mol. The van der Waals surface area contributed by atoms with Crippen molar-refractivity contribution in [2.24, 2.45) is 0 Å². The van der Waals surface area contributed by atoms with E-state index in [-0.39, 0.29) is 19.1 Å². The van der Waals surface area contributed by atoms with Crippen molar-refractivity contribution in [3.8, 4) is 0 Å². The van der Waals surface area contributed by atoms with Crippen molar-refractivity contribution in [2.45, 2.75) is 65.9 Å². The normalized spacial score (nSPS) is 17.9. The molecule has 1 saturated heterocycles. The quantitative estimate of drug-likeness (QED) is 0.598. The van der Waals surface area contributed by atoms with E-state index in [2.05, 4.69) is 5.10 Å². The molecule has 0 radical (unpaired) electrons. The van der Waals surface area contributed by atoms with Gasteiger partial charge in [-0.15, -0.1) is 0 Å². The van der Waals surface area contributed by atoms with E-state index in [1.165, 1.54) is 0 Å². The number of rotatable bonds is 5. The molecular formula is C20H27BN2O4. The number of esters is 1. The van der Waals surface area contributed by atoms with Crippen molar-refractivity contribution in [2.75, 3.05) is 0 Å². The highest BCUT2D eigenvalue weighted by atomic mass is 16.7. The smallest absolute Gasteiger partial charge is 0.459 e. The number of hydrogen-bond acceptors (Lipinski definition) is 5. The Kier molecular flexibility index (Phi) is 5.19. The summed E-state index contributed by atoms with van der Waals surface area (Å²) in [6.07, 6.45) is 0. The van der Waals surface area contributed by atoms with E-state index < -0.39 is 18.3 Å². The van der Waals surface area contributed by atoms with E-state index in [1.807, 2.05) is 71.9 Å². The molecule has 0 bridgehead atoms. The molecule has 7 heteroatoms. The lowest BCUT2D eigenvalue weighted by molar-refractivity contribution is -0.145. The third-order valence-corrected chi connectivity index (χ3v) is 5.45. The first-order chi connectivity index (χ1) is 12.6. The van der Waals surface area contributed by atoms with E-state index >= 15 is 0 Å². The second kappa shape index (κ2) is 7.13. The molecule has 0 aliphatic carbocycles. The summed E-state index contributed by atoms with van der Waals surface area (Å²) in [7, 11) is -0.496. The molecule has 0 atom stereocenters. The van der Waals surface area contributed by atoms with Gasteiger partial charge in [0.05, 0.1) is 16.9 Å². The van der Waals surface area contributed by atoms with Gasteiger partial charge in [0.25, 0.3) is 0 Å². The highest BCUT2D eigenvalue weighted by molar-refractivity contribution is 6.63. The first-order valence-electron chi connectivity index (χ1n) is 9.20. The van der Waals surface area contributed by atoms with Gasteiger partial charge in [0.1, 0.15) is 13.2 Å². The highest BCUT2D eigenvalue weighted by Gasteiger charge is 2.53. The Bertz CT molecular complexity index is 814. The summed E-state index contributed by atoms with van der Waals surface area (Å²) < 4.78 is 19.3. The van der Waals surface area contributed by atoms with Crippen molar-refractivity contribution in [1.82, 2.24) is 9.78 Å². The summed E-state index contributed by atoms with van der Waals surface area (Å²) in [5, 5.41) is 4.50. The summed E-state index contributed by atoms with van der Waals surface area (Å²) >= 11 is 0. The topological polar surface area (TPSA) is 62.6 Å². The van der Waals surface area contributed by atoms with Crippen LogP contribution in [0.15, 0.2) is 30.3 Å². The van der Waals surface area contributed by atoms with Crippen molar-refractivity contribution < 1.29 is 18.8 Å². The van der Waals surface area contributed by atoms with Gasteiger partial charge in [-0.25, -0.2) is 0 Å². The molecule has 0 amide bonds. The first kappa shape index (κ1) is 19.6. The number of nitrogens with zero attached hydrogens (tertiary/aromatic N) is 2. The van der Waals surface area contributed by atoms with Gasteiger partial charge in [-0.1, -0.05) is 30.3 Å². The molecule has 0 saturated carbocycles. The minimum absolute atomic E-state index is 0.0546. The molecule has 0 spiro atoms. The molecule has 3 rings (SSSR count). The Morgan fingerprint density at radius 2 is 1.70 bits per heavy atom. The molecule has 1 aromatic heterocycles. The second-order valence-electron chi connectivity index (χ2n) is 7.98. The zero-order valence-corrected chi connectivity index (χ0v) is 16.9. The fourth-order valence-electron chi connectivity index (χ4n) is 3.07. The largest absolute Gasteiger partial charge is 0.498 e. The molecule has 2 heterocycles. The third-order valence-electron chi connectivity index (χ3n) is 5.45. The van der Waals surface area contributed by atoms with E-state index in [1.54, 1.807) is 4.68 Å². The van der Waals surface area contributed by atoms with Crippen LogP contribution in [0.4, 0.5) is 0 Å². The lowest BCUT2D eigenvalue weighted by Crippen LogP contribution is -2.41. The summed E-state index contributed by atoms with van der Waals surface area (Å²) in [4.78, 5) is 12.2. The maximum Gasteiger partial charge on any atom is 0.498 e. The molecule has 2 aromatic rings. The molecule has 1 fully saturated rings. The Labute approximate surface area is 160 Å². The SMILES string of the molecule is Cc1nn(CC(=O)OCc2ccccc2)c(C)c1B1OC(C)(C)C(C)(C)O1. The van der Waals surface area contributed by atoms with Crippen LogP contribution in [0.2, 0.25) is 0 Å². The van der Waals surface area contributed by atoms with Crippen LogP contribution in [0.25, 0.3) is 0 Å². The predicted octanol–water partition coefficient (Wildman–Crippen LogP) is 2.54. The van der Waals surface area contributed by atoms with Crippen LogP contribution in [-0.4, -0.2) is 34.1 Å². The molecule has 144 valence electrons. The number of aromatic nitrogens is 2. The summed E-state index contributed by atoms with van der Waals surface area (Å²) in [6, 6.07) is 9.61. The van der Waals surface area contributed by atoms with Gasteiger partial charge in [0.2, 0.25) is 0 Å². The van der Waals surface area contributed by atoms with Crippen LogP contribution < -0.4 is 5.46 Å². The second-order valence-corrected chi connectivity index (χ2v) is 7.98. The van der Waals surface area contributed by atoms with E-state index in [9.17, 15) is 4.79 Å². The Morgan fingerprint density at radius 1 is 1.11 bits per heavy atom. The lowest BCUT2D eigenvalue weighted by Gasteiger charge is -2.32. The summed E-state index contributed by atoms with van der Waals surface area (Å²) in [5.74, 6) is -0.329. The molecular weight excluding hydrogens is 343 g/mol. The molecule has 1 aliphatic heterocycles. The lowest BCUT2D eigenvalue weighted by atomic mass is 9.77. The van der Waals surface area contributed by atoms with Gasteiger partial charge >= 0.3 is 13.1 Å². The van der Waals surface area contributed by atoms with Gasteiger partial charge in [0.15, 0.2) is 0 Å².